The fraction of sp³-hybridized carbons (Fsp3) is 0.500. The lowest BCUT2D eigenvalue weighted by Crippen LogP contribution is -2.49. The van der Waals surface area contributed by atoms with Gasteiger partial charge >= 0.3 is 0 Å². The monoisotopic (exact) mass is 312 g/mol. The number of pyridine rings is 1. The number of piperidine rings is 1. The van der Waals surface area contributed by atoms with Gasteiger partial charge in [0.2, 0.25) is 5.91 Å². The van der Waals surface area contributed by atoms with E-state index < -0.39 is 0 Å². The number of carbonyl (C=O) groups is 1. The first-order valence-electron chi connectivity index (χ1n) is 6.02. The molecule has 2 rings (SSSR count). The number of halogens is 1. The Morgan fingerprint density at radius 2 is 2.39 bits per heavy atom. The summed E-state index contributed by atoms with van der Waals surface area (Å²) in [6.45, 7) is 0.816. The Bertz CT molecular complexity index is 452. The predicted molar refractivity (Wildman–Crippen MR) is 75.4 cm³/mol. The number of likely N-dealkylation sites (N-methyl/N-ethyl adjacent to an activating group) is 1. The van der Waals surface area contributed by atoms with Crippen molar-refractivity contribution in [3.63, 3.8) is 0 Å². The van der Waals surface area contributed by atoms with Gasteiger partial charge in [-0.25, -0.2) is 4.98 Å². The fourth-order valence-electron chi connectivity index (χ4n) is 2.31. The number of nitrogen functional groups attached to an aromatic ring is 1. The van der Waals surface area contributed by atoms with Crippen LogP contribution in [0.4, 0.5) is 11.5 Å². The van der Waals surface area contributed by atoms with Gasteiger partial charge < -0.3 is 16.0 Å². The van der Waals surface area contributed by atoms with Crippen LogP contribution in [0.1, 0.15) is 19.3 Å². The highest BCUT2D eigenvalue weighted by Gasteiger charge is 2.29. The fourth-order valence-corrected chi connectivity index (χ4v) is 2.66. The molecule has 0 spiro atoms. The summed E-state index contributed by atoms with van der Waals surface area (Å²) in [5.41, 5.74) is 6.59. The zero-order valence-electron chi connectivity index (χ0n) is 10.3. The van der Waals surface area contributed by atoms with E-state index in [2.05, 4.69) is 26.2 Å². The molecule has 0 bridgehead atoms. The molecule has 98 valence electrons. The third kappa shape index (κ3) is 2.58. The summed E-state index contributed by atoms with van der Waals surface area (Å²) in [6, 6.07) is 1.65. The van der Waals surface area contributed by atoms with Gasteiger partial charge in [-0.2, -0.15) is 0 Å². The summed E-state index contributed by atoms with van der Waals surface area (Å²) in [5.74, 6) is 0.727. The largest absolute Gasteiger partial charge is 0.396 e. The number of amides is 1. The number of nitrogens with two attached hydrogens (primary N) is 1. The van der Waals surface area contributed by atoms with Crippen LogP contribution in [-0.4, -0.2) is 30.5 Å². The third-order valence-corrected chi connectivity index (χ3v) is 3.62. The molecule has 1 aromatic heterocycles. The summed E-state index contributed by atoms with van der Waals surface area (Å²) in [5, 5.41) is 2.71. The van der Waals surface area contributed by atoms with Crippen LogP contribution in [0.2, 0.25) is 0 Å². The van der Waals surface area contributed by atoms with E-state index in [1.54, 1.807) is 13.2 Å². The minimum Gasteiger partial charge on any atom is -0.396 e. The highest BCUT2D eigenvalue weighted by Crippen LogP contribution is 2.29. The Morgan fingerprint density at radius 3 is 3.06 bits per heavy atom. The minimum atomic E-state index is -0.167. The molecule has 1 fully saturated rings. The molecule has 1 amide bonds. The molecule has 1 aliphatic heterocycles. The molecule has 0 radical (unpaired) electrons. The van der Waals surface area contributed by atoms with E-state index in [9.17, 15) is 4.79 Å². The molecule has 18 heavy (non-hydrogen) atoms. The topological polar surface area (TPSA) is 71.2 Å². The molecule has 6 heteroatoms. The van der Waals surface area contributed by atoms with Crippen LogP contribution in [0.25, 0.3) is 0 Å². The van der Waals surface area contributed by atoms with Crippen molar-refractivity contribution in [2.24, 2.45) is 0 Å². The Kier molecular flexibility index (Phi) is 4.06. The number of aromatic nitrogens is 1. The average molecular weight is 313 g/mol. The summed E-state index contributed by atoms with van der Waals surface area (Å²) < 4.78 is 0.845. The lowest BCUT2D eigenvalue weighted by Gasteiger charge is -2.35. The van der Waals surface area contributed by atoms with E-state index >= 15 is 0 Å². The molecular formula is C12H17BrN4O. The minimum absolute atomic E-state index is 0.0267. The van der Waals surface area contributed by atoms with E-state index in [-0.39, 0.29) is 11.9 Å². The Labute approximate surface area is 115 Å². The maximum Gasteiger partial charge on any atom is 0.242 e. The van der Waals surface area contributed by atoms with E-state index in [1.165, 1.54) is 0 Å². The van der Waals surface area contributed by atoms with Gasteiger partial charge in [0, 0.05) is 24.3 Å². The number of nitrogens with zero attached hydrogens (tertiary/aromatic N) is 2. The number of hydrogen-bond donors (Lipinski definition) is 2. The van der Waals surface area contributed by atoms with Crippen LogP contribution in [0, 0.1) is 0 Å². The van der Waals surface area contributed by atoms with Crippen molar-refractivity contribution in [3.05, 3.63) is 16.7 Å². The molecule has 3 N–H and O–H groups in total. The van der Waals surface area contributed by atoms with Crippen LogP contribution < -0.4 is 16.0 Å². The van der Waals surface area contributed by atoms with Crippen molar-refractivity contribution in [1.82, 2.24) is 10.3 Å². The van der Waals surface area contributed by atoms with Crippen LogP contribution in [-0.2, 0) is 4.79 Å². The number of rotatable bonds is 2. The number of anilines is 2. The lowest BCUT2D eigenvalue weighted by molar-refractivity contribution is -0.122. The molecule has 1 aromatic rings. The van der Waals surface area contributed by atoms with Gasteiger partial charge in [0.05, 0.1) is 5.69 Å². The lowest BCUT2D eigenvalue weighted by atomic mass is 10.0. The highest BCUT2D eigenvalue weighted by molar-refractivity contribution is 9.10. The van der Waals surface area contributed by atoms with Gasteiger partial charge in [-0.15, -0.1) is 0 Å². The van der Waals surface area contributed by atoms with Crippen molar-refractivity contribution in [3.8, 4) is 0 Å². The predicted octanol–water partition coefficient (Wildman–Crippen LogP) is 1.53. The smallest absolute Gasteiger partial charge is 0.242 e. The van der Waals surface area contributed by atoms with Crippen molar-refractivity contribution >= 4 is 33.3 Å². The molecule has 0 aromatic carbocycles. The molecule has 2 heterocycles. The second kappa shape index (κ2) is 5.56. The van der Waals surface area contributed by atoms with Crippen LogP contribution in [0.15, 0.2) is 16.7 Å². The number of carbonyl (C=O) groups excluding carboxylic acids is 1. The van der Waals surface area contributed by atoms with Gasteiger partial charge in [-0.1, -0.05) is 0 Å². The van der Waals surface area contributed by atoms with E-state index in [0.29, 0.717) is 11.5 Å². The maximum atomic E-state index is 11.9. The quantitative estimate of drug-likeness (QED) is 0.869. The van der Waals surface area contributed by atoms with Crippen LogP contribution >= 0.6 is 15.9 Å². The molecule has 0 saturated carbocycles. The first-order valence-corrected chi connectivity index (χ1v) is 6.82. The Balaban J connectivity index is 2.30. The second-order valence-corrected chi connectivity index (χ2v) is 5.30. The first-order chi connectivity index (χ1) is 8.63. The zero-order valence-corrected chi connectivity index (χ0v) is 11.9. The van der Waals surface area contributed by atoms with E-state index in [4.69, 9.17) is 5.73 Å². The zero-order chi connectivity index (χ0) is 13.1. The first kappa shape index (κ1) is 13.1. The second-order valence-electron chi connectivity index (χ2n) is 4.39. The van der Waals surface area contributed by atoms with Gasteiger partial charge in [0.15, 0.2) is 5.82 Å². The van der Waals surface area contributed by atoms with Gasteiger partial charge in [0.25, 0.3) is 0 Å². The molecule has 1 atom stereocenters. The molecular weight excluding hydrogens is 296 g/mol. The van der Waals surface area contributed by atoms with Crippen molar-refractivity contribution in [1.29, 1.82) is 0 Å². The normalized spacial score (nSPS) is 19.7. The van der Waals surface area contributed by atoms with Gasteiger partial charge in [0.1, 0.15) is 6.04 Å². The summed E-state index contributed by atoms with van der Waals surface area (Å²) >= 11 is 3.34. The molecule has 0 aliphatic carbocycles. The third-order valence-electron chi connectivity index (χ3n) is 3.19. The Morgan fingerprint density at radius 1 is 1.61 bits per heavy atom. The van der Waals surface area contributed by atoms with E-state index in [0.717, 1.165) is 30.3 Å². The maximum absolute atomic E-state index is 11.9. The van der Waals surface area contributed by atoms with Crippen LogP contribution in [0.5, 0.6) is 0 Å². The molecule has 1 saturated heterocycles. The summed E-state index contributed by atoms with van der Waals surface area (Å²) in [4.78, 5) is 18.2. The van der Waals surface area contributed by atoms with Gasteiger partial charge in [-0.05, 0) is 41.3 Å². The standard InChI is InChI=1S/C12H17BrN4O/c1-15-12(18)10-4-2-3-5-17(10)11-9(14)6-8(13)7-16-11/h6-7,10H,2-5,14H2,1H3,(H,15,18). The molecule has 1 unspecified atom stereocenters. The van der Waals surface area contributed by atoms with E-state index in [1.807, 2.05) is 11.0 Å². The molecule has 5 nitrogen and oxygen atoms in total. The van der Waals surface area contributed by atoms with Crippen molar-refractivity contribution in [2.75, 3.05) is 24.2 Å². The van der Waals surface area contributed by atoms with Crippen LogP contribution in [0.3, 0.4) is 0 Å². The summed E-state index contributed by atoms with van der Waals surface area (Å²) in [7, 11) is 1.66. The molecule has 1 aliphatic rings. The number of hydrogen-bond acceptors (Lipinski definition) is 4. The average Bonchev–Trinajstić information content (AvgIpc) is 2.38. The SMILES string of the molecule is CNC(=O)C1CCCCN1c1ncc(Br)cc1N. The Hall–Kier alpha value is -1.30. The van der Waals surface area contributed by atoms with Crippen molar-refractivity contribution in [2.45, 2.75) is 25.3 Å². The van der Waals surface area contributed by atoms with Gasteiger partial charge in [-0.3, -0.25) is 4.79 Å². The summed E-state index contributed by atoms with van der Waals surface area (Å²) in [6.07, 6.45) is 4.67. The number of nitrogens with one attached hydrogen (secondary N) is 1. The highest BCUT2D eigenvalue weighted by atomic mass is 79.9. The van der Waals surface area contributed by atoms with Crippen molar-refractivity contribution < 1.29 is 4.79 Å².